The van der Waals surface area contributed by atoms with E-state index in [1.54, 1.807) is 11.3 Å². The van der Waals surface area contributed by atoms with Crippen LogP contribution in [0, 0.1) is 13.8 Å². The van der Waals surface area contributed by atoms with Gasteiger partial charge in [0.05, 0.1) is 17.9 Å². The third kappa shape index (κ3) is 5.18. The molecule has 0 saturated heterocycles. The van der Waals surface area contributed by atoms with E-state index in [2.05, 4.69) is 15.3 Å². The zero-order chi connectivity index (χ0) is 24.9. The Morgan fingerprint density at radius 3 is 2.39 bits per heavy atom. The minimum absolute atomic E-state index is 0.243. The van der Waals surface area contributed by atoms with E-state index in [0.29, 0.717) is 30.3 Å². The Morgan fingerprint density at radius 1 is 0.917 bits per heavy atom. The number of aromatic nitrogens is 3. The summed E-state index contributed by atoms with van der Waals surface area (Å²) in [6.45, 7) is 4.61. The summed E-state index contributed by atoms with van der Waals surface area (Å²) in [5.74, 6) is 0.602. The Kier molecular flexibility index (Phi) is 6.86. The number of ether oxygens (including phenoxy) is 1. The SMILES string of the molecule is Cc1[nH]n(Cc2nc(-c3ccccc3)c(C)s2)c(=O)c1N=Nc1ccccc1OCc1ccccc1. The lowest BCUT2D eigenvalue weighted by atomic mass is 10.1. The van der Waals surface area contributed by atoms with Gasteiger partial charge in [-0.1, -0.05) is 72.8 Å². The largest absolute Gasteiger partial charge is 0.487 e. The molecular weight excluding hydrogens is 470 g/mol. The van der Waals surface area contributed by atoms with Crippen molar-refractivity contribution in [1.29, 1.82) is 0 Å². The molecule has 2 heterocycles. The van der Waals surface area contributed by atoms with E-state index >= 15 is 0 Å². The van der Waals surface area contributed by atoms with Crippen molar-refractivity contribution in [2.75, 3.05) is 0 Å². The van der Waals surface area contributed by atoms with Crippen LogP contribution in [0.25, 0.3) is 11.3 Å². The predicted octanol–water partition coefficient (Wildman–Crippen LogP) is 6.96. The van der Waals surface area contributed by atoms with Crippen molar-refractivity contribution in [2.45, 2.75) is 27.0 Å². The molecule has 5 aromatic rings. The Hall–Kier alpha value is -4.30. The first-order valence-electron chi connectivity index (χ1n) is 11.6. The van der Waals surface area contributed by atoms with Crippen LogP contribution >= 0.6 is 11.3 Å². The van der Waals surface area contributed by atoms with E-state index in [1.165, 1.54) is 4.68 Å². The first-order valence-corrected chi connectivity index (χ1v) is 12.4. The fraction of sp³-hybridized carbons (Fsp3) is 0.143. The Labute approximate surface area is 212 Å². The number of para-hydroxylation sites is 1. The van der Waals surface area contributed by atoms with Gasteiger partial charge in [-0.05, 0) is 31.5 Å². The summed E-state index contributed by atoms with van der Waals surface area (Å²) >= 11 is 1.58. The van der Waals surface area contributed by atoms with Gasteiger partial charge in [-0.3, -0.25) is 9.89 Å². The quantitative estimate of drug-likeness (QED) is 0.236. The van der Waals surface area contributed by atoms with Gasteiger partial charge >= 0.3 is 0 Å². The van der Waals surface area contributed by atoms with E-state index in [0.717, 1.165) is 26.7 Å². The molecule has 0 radical (unpaired) electrons. The van der Waals surface area contributed by atoms with Crippen LogP contribution < -0.4 is 10.3 Å². The fourth-order valence-corrected chi connectivity index (χ4v) is 4.79. The van der Waals surface area contributed by atoms with Crippen LogP contribution in [0.15, 0.2) is 100.0 Å². The first-order chi connectivity index (χ1) is 17.6. The summed E-state index contributed by atoms with van der Waals surface area (Å²) in [5.41, 5.74) is 4.29. The number of azo groups is 1. The third-order valence-electron chi connectivity index (χ3n) is 5.65. The number of benzene rings is 3. The van der Waals surface area contributed by atoms with Crippen molar-refractivity contribution in [3.8, 4) is 17.0 Å². The highest BCUT2D eigenvalue weighted by Gasteiger charge is 2.15. The number of nitrogens with one attached hydrogen (secondary N) is 1. The maximum atomic E-state index is 13.1. The average molecular weight is 496 g/mol. The molecule has 0 fully saturated rings. The summed E-state index contributed by atoms with van der Waals surface area (Å²) < 4.78 is 7.48. The first kappa shape index (κ1) is 23.4. The Bertz CT molecular complexity index is 1550. The molecular formula is C28H25N5O2S. The van der Waals surface area contributed by atoms with Crippen molar-refractivity contribution in [2.24, 2.45) is 10.2 Å². The summed E-state index contributed by atoms with van der Waals surface area (Å²) in [5, 5.41) is 12.6. The normalized spacial score (nSPS) is 11.3. The monoisotopic (exact) mass is 495 g/mol. The van der Waals surface area contributed by atoms with E-state index < -0.39 is 0 Å². The second-order valence-corrected chi connectivity index (χ2v) is 9.58. The maximum Gasteiger partial charge on any atom is 0.294 e. The van der Waals surface area contributed by atoms with Gasteiger partial charge in [0.2, 0.25) is 0 Å². The number of H-pyrrole nitrogens is 1. The van der Waals surface area contributed by atoms with E-state index in [4.69, 9.17) is 9.72 Å². The molecule has 0 amide bonds. The fourth-order valence-electron chi connectivity index (χ4n) is 3.84. The molecule has 0 spiro atoms. The van der Waals surface area contributed by atoms with Gasteiger partial charge in [-0.2, -0.15) is 0 Å². The number of aryl methyl sites for hydroxylation is 2. The lowest BCUT2D eigenvalue weighted by molar-refractivity contribution is 0.307. The van der Waals surface area contributed by atoms with Gasteiger partial charge in [0.15, 0.2) is 5.69 Å². The smallest absolute Gasteiger partial charge is 0.294 e. The van der Waals surface area contributed by atoms with Gasteiger partial charge in [0, 0.05) is 10.4 Å². The predicted molar refractivity (Wildman–Crippen MR) is 143 cm³/mol. The van der Waals surface area contributed by atoms with E-state index in [-0.39, 0.29) is 11.2 Å². The molecule has 0 aliphatic carbocycles. The Balaban J connectivity index is 1.35. The second-order valence-electron chi connectivity index (χ2n) is 8.30. The highest BCUT2D eigenvalue weighted by Crippen LogP contribution is 2.30. The molecule has 0 bridgehead atoms. The number of rotatable bonds is 8. The van der Waals surface area contributed by atoms with Crippen molar-refractivity contribution >= 4 is 22.7 Å². The number of hydrogen-bond acceptors (Lipinski definition) is 6. The molecule has 0 atom stereocenters. The molecule has 3 aromatic carbocycles. The molecule has 0 aliphatic heterocycles. The van der Waals surface area contributed by atoms with E-state index in [9.17, 15) is 4.79 Å². The molecule has 7 nitrogen and oxygen atoms in total. The van der Waals surface area contributed by atoms with Crippen LogP contribution in [-0.2, 0) is 13.2 Å². The topological polar surface area (TPSA) is 84.6 Å². The molecule has 8 heteroatoms. The number of nitrogens with zero attached hydrogens (tertiary/aromatic N) is 4. The maximum absolute atomic E-state index is 13.1. The molecule has 0 unspecified atom stereocenters. The highest BCUT2D eigenvalue weighted by atomic mass is 32.1. The molecule has 0 saturated carbocycles. The molecule has 5 rings (SSSR count). The third-order valence-corrected chi connectivity index (χ3v) is 6.60. The number of hydrogen-bond donors (Lipinski definition) is 1. The Morgan fingerprint density at radius 2 is 1.61 bits per heavy atom. The molecule has 180 valence electrons. The van der Waals surface area contributed by atoms with Crippen molar-refractivity contribution in [3.05, 3.63) is 116 Å². The number of aromatic amines is 1. The van der Waals surface area contributed by atoms with Crippen LogP contribution in [0.4, 0.5) is 11.4 Å². The minimum Gasteiger partial charge on any atom is -0.487 e. The van der Waals surface area contributed by atoms with Crippen molar-refractivity contribution in [1.82, 2.24) is 14.8 Å². The van der Waals surface area contributed by atoms with Gasteiger partial charge in [-0.15, -0.1) is 21.6 Å². The zero-order valence-corrected chi connectivity index (χ0v) is 20.8. The van der Waals surface area contributed by atoms with Gasteiger partial charge in [0.1, 0.15) is 23.1 Å². The lowest BCUT2D eigenvalue weighted by Crippen LogP contribution is -2.17. The zero-order valence-electron chi connectivity index (χ0n) is 20.0. The molecule has 0 aliphatic rings. The molecule has 1 N–H and O–H groups in total. The second kappa shape index (κ2) is 10.5. The molecule has 36 heavy (non-hydrogen) atoms. The number of thiazole rings is 1. The lowest BCUT2D eigenvalue weighted by Gasteiger charge is -2.08. The van der Waals surface area contributed by atoms with Crippen molar-refractivity contribution in [3.63, 3.8) is 0 Å². The van der Waals surface area contributed by atoms with Crippen LogP contribution in [0.3, 0.4) is 0 Å². The van der Waals surface area contributed by atoms with Crippen LogP contribution in [0.2, 0.25) is 0 Å². The highest BCUT2D eigenvalue weighted by molar-refractivity contribution is 7.12. The van der Waals surface area contributed by atoms with Gasteiger partial charge in [0.25, 0.3) is 5.56 Å². The van der Waals surface area contributed by atoms with Crippen LogP contribution in [-0.4, -0.2) is 14.8 Å². The van der Waals surface area contributed by atoms with Crippen LogP contribution in [0.5, 0.6) is 5.75 Å². The van der Waals surface area contributed by atoms with E-state index in [1.807, 2.05) is 98.8 Å². The average Bonchev–Trinajstić information content (AvgIpc) is 3.40. The summed E-state index contributed by atoms with van der Waals surface area (Å²) in [6.07, 6.45) is 0. The van der Waals surface area contributed by atoms with Crippen LogP contribution in [0.1, 0.15) is 21.1 Å². The standard InChI is InChI=1S/C28H25N5O2S/c1-19-26(31-30-23-15-9-10-16-24(23)35-18-21-11-5-3-6-12-21)28(34)33(32-19)17-25-29-27(20(2)36-25)22-13-7-4-8-14-22/h3-16,32H,17-18H2,1-2H3. The van der Waals surface area contributed by atoms with Gasteiger partial charge in [-0.25, -0.2) is 9.67 Å². The molecule has 2 aromatic heterocycles. The summed E-state index contributed by atoms with van der Waals surface area (Å²) in [6, 6.07) is 27.4. The summed E-state index contributed by atoms with van der Waals surface area (Å²) in [7, 11) is 0. The summed E-state index contributed by atoms with van der Waals surface area (Å²) in [4.78, 5) is 19.0. The van der Waals surface area contributed by atoms with Gasteiger partial charge < -0.3 is 4.74 Å². The van der Waals surface area contributed by atoms with Crippen molar-refractivity contribution < 1.29 is 4.74 Å². The minimum atomic E-state index is -0.243.